The van der Waals surface area contributed by atoms with Crippen molar-refractivity contribution < 1.29 is 43.2 Å². The van der Waals surface area contributed by atoms with E-state index >= 15 is 0 Å². The van der Waals surface area contributed by atoms with Gasteiger partial charge < -0.3 is 24.1 Å². The number of ketones is 1. The Balaban J connectivity index is 2.13. The highest BCUT2D eigenvalue weighted by molar-refractivity contribution is 6.07. The van der Waals surface area contributed by atoms with Crippen molar-refractivity contribution in [2.45, 2.75) is 39.9 Å². The molecule has 1 aliphatic rings. The van der Waals surface area contributed by atoms with Gasteiger partial charge in [-0.3, -0.25) is 19.2 Å². The van der Waals surface area contributed by atoms with Gasteiger partial charge in [-0.05, 0) is 18.6 Å². The summed E-state index contributed by atoms with van der Waals surface area (Å²) in [5.41, 5.74) is 0.924. The SMILES string of the molecule is CC(=O)Oc1cc(C2Oc3cc(O)cc(OC(C)=O)c3C(=O)C2OC(C)=O)ccc1C. The van der Waals surface area contributed by atoms with Crippen molar-refractivity contribution in [2.75, 3.05) is 0 Å². The Morgan fingerprint density at radius 2 is 1.58 bits per heavy atom. The molecule has 1 N–H and O–H groups in total. The van der Waals surface area contributed by atoms with Crippen LogP contribution in [0.4, 0.5) is 0 Å². The van der Waals surface area contributed by atoms with Crippen LogP contribution in [0, 0.1) is 6.92 Å². The van der Waals surface area contributed by atoms with E-state index in [2.05, 4.69) is 0 Å². The van der Waals surface area contributed by atoms with Crippen molar-refractivity contribution in [1.29, 1.82) is 0 Å². The lowest BCUT2D eigenvalue weighted by atomic mass is 9.92. The first kappa shape index (κ1) is 21.8. The van der Waals surface area contributed by atoms with Gasteiger partial charge in [-0.25, -0.2) is 0 Å². The highest BCUT2D eigenvalue weighted by atomic mass is 16.6. The van der Waals surface area contributed by atoms with Crippen LogP contribution >= 0.6 is 0 Å². The van der Waals surface area contributed by atoms with E-state index in [1.807, 2.05) is 0 Å². The first-order valence-electron chi connectivity index (χ1n) is 9.29. The number of hydrogen-bond acceptors (Lipinski definition) is 9. The number of rotatable bonds is 4. The van der Waals surface area contributed by atoms with Gasteiger partial charge in [0.05, 0.1) is 0 Å². The number of carbonyl (C=O) groups excluding carboxylic acids is 4. The summed E-state index contributed by atoms with van der Waals surface area (Å²) in [5, 5.41) is 9.99. The molecule has 0 radical (unpaired) electrons. The van der Waals surface area contributed by atoms with Crippen molar-refractivity contribution in [3.8, 4) is 23.0 Å². The van der Waals surface area contributed by atoms with E-state index in [1.165, 1.54) is 19.1 Å². The van der Waals surface area contributed by atoms with Gasteiger partial charge in [0.15, 0.2) is 6.10 Å². The normalized spacial score (nSPS) is 17.2. The second-order valence-electron chi connectivity index (χ2n) is 6.96. The van der Waals surface area contributed by atoms with E-state index in [-0.39, 0.29) is 28.6 Å². The first-order valence-corrected chi connectivity index (χ1v) is 9.29. The molecule has 9 nitrogen and oxygen atoms in total. The topological polar surface area (TPSA) is 125 Å². The summed E-state index contributed by atoms with van der Waals surface area (Å²) in [4.78, 5) is 47.8. The first-order chi connectivity index (χ1) is 14.6. The van der Waals surface area contributed by atoms with E-state index in [4.69, 9.17) is 18.9 Å². The Kier molecular flexibility index (Phi) is 5.96. The highest BCUT2D eigenvalue weighted by Gasteiger charge is 2.43. The lowest BCUT2D eigenvalue weighted by molar-refractivity contribution is -0.149. The Morgan fingerprint density at radius 1 is 0.935 bits per heavy atom. The van der Waals surface area contributed by atoms with Crippen LogP contribution in [0.1, 0.15) is 48.4 Å². The minimum atomic E-state index is -1.41. The maximum absolute atomic E-state index is 13.3. The van der Waals surface area contributed by atoms with Crippen LogP contribution in [0.15, 0.2) is 30.3 Å². The molecule has 0 spiro atoms. The summed E-state index contributed by atoms with van der Waals surface area (Å²) in [5.74, 6) is -2.95. The summed E-state index contributed by atoms with van der Waals surface area (Å²) >= 11 is 0. The number of esters is 3. The van der Waals surface area contributed by atoms with E-state index in [9.17, 15) is 24.3 Å². The molecule has 2 unspecified atom stereocenters. The summed E-state index contributed by atoms with van der Waals surface area (Å²) in [6.45, 7) is 5.27. The fraction of sp³-hybridized carbons (Fsp3) is 0.273. The number of phenols is 1. The molecule has 0 saturated heterocycles. The molecular formula is C22H20O9. The van der Waals surface area contributed by atoms with Crippen molar-refractivity contribution in [3.05, 3.63) is 47.0 Å². The Labute approximate surface area is 177 Å². The highest BCUT2D eigenvalue weighted by Crippen LogP contribution is 2.44. The second-order valence-corrected chi connectivity index (χ2v) is 6.96. The molecule has 0 saturated carbocycles. The molecule has 0 fully saturated rings. The number of aromatic hydroxyl groups is 1. The number of fused-ring (bicyclic) bond motifs is 1. The summed E-state index contributed by atoms with van der Waals surface area (Å²) in [6, 6.07) is 7.09. The van der Waals surface area contributed by atoms with Crippen LogP contribution in [0.3, 0.4) is 0 Å². The minimum Gasteiger partial charge on any atom is -0.508 e. The maximum atomic E-state index is 13.3. The van der Waals surface area contributed by atoms with Gasteiger partial charge in [0, 0.05) is 38.5 Å². The summed E-state index contributed by atoms with van der Waals surface area (Å²) < 4.78 is 21.4. The minimum absolute atomic E-state index is 0.0516. The number of Topliss-reactive ketones (excluding diaryl/α,β-unsaturated/α-hetero) is 1. The molecule has 3 rings (SSSR count). The molecule has 0 aromatic heterocycles. The van der Waals surface area contributed by atoms with Crippen molar-refractivity contribution in [3.63, 3.8) is 0 Å². The van der Waals surface area contributed by atoms with Crippen LogP contribution in [0.2, 0.25) is 0 Å². The van der Waals surface area contributed by atoms with E-state index in [0.29, 0.717) is 11.1 Å². The molecule has 1 aliphatic heterocycles. The predicted octanol–water partition coefficient (Wildman–Crippen LogP) is 2.80. The quantitative estimate of drug-likeness (QED) is 0.578. The van der Waals surface area contributed by atoms with Gasteiger partial charge in [0.2, 0.25) is 11.9 Å². The standard InChI is InChI=1S/C22H20O9/c1-10-5-6-14(7-16(10)28-11(2)23)21-22(30-13(4)25)20(27)19-17(29-12(3)24)8-15(26)9-18(19)31-21/h5-9,21-22,26H,1-4H3. The largest absolute Gasteiger partial charge is 0.508 e. The summed E-state index contributed by atoms with van der Waals surface area (Å²) in [6.07, 6.45) is -2.51. The molecule has 31 heavy (non-hydrogen) atoms. The average molecular weight is 428 g/mol. The van der Waals surface area contributed by atoms with Crippen LogP contribution in [0.25, 0.3) is 0 Å². The van der Waals surface area contributed by atoms with Crippen molar-refractivity contribution in [1.82, 2.24) is 0 Å². The van der Waals surface area contributed by atoms with Gasteiger partial charge in [0.25, 0.3) is 0 Å². The molecule has 1 heterocycles. The second kappa shape index (κ2) is 8.47. The van der Waals surface area contributed by atoms with Gasteiger partial charge in [0.1, 0.15) is 28.6 Å². The Bertz CT molecular complexity index is 1090. The van der Waals surface area contributed by atoms with E-state index in [1.54, 1.807) is 19.1 Å². The molecule has 162 valence electrons. The van der Waals surface area contributed by atoms with Gasteiger partial charge in [-0.15, -0.1) is 0 Å². The molecule has 2 aromatic rings. The number of aryl methyl sites for hydroxylation is 1. The van der Waals surface area contributed by atoms with E-state index < -0.39 is 35.9 Å². The summed E-state index contributed by atoms with van der Waals surface area (Å²) in [7, 11) is 0. The predicted molar refractivity (Wildman–Crippen MR) is 105 cm³/mol. The van der Waals surface area contributed by atoms with Crippen molar-refractivity contribution in [2.24, 2.45) is 0 Å². The smallest absolute Gasteiger partial charge is 0.308 e. The number of ether oxygens (including phenoxy) is 4. The third-order valence-electron chi connectivity index (χ3n) is 4.43. The van der Waals surface area contributed by atoms with Gasteiger partial charge >= 0.3 is 17.9 Å². The fourth-order valence-corrected chi connectivity index (χ4v) is 3.22. The number of carbonyl (C=O) groups is 4. The zero-order chi connectivity index (χ0) is 22.9. The lowest BCUT2D eigenvalue weighted by Crippen LogP contribution is -2.40. The van der Waals surface area contributed by atoms with Crippen molar-refractivity contribution >= 4 is 23.7 Å². The molecule has 0 amide bonds. The number of benzene rings is 2. The van der Waals surface area contributed by atoms with Crippen LogP contribution < -0.4 is 14.2 Å². The number of phenolic OH excluding ortho intramolecular Hbond substituents is 1. The van der Waals surface area contributed by atoms with Crippen LogP contribution in [0.5, 0.6) is 23.0 Å². The van der Waals surface area contributed by atoms with Crippen LogP contribution in [-0.4, -0.2) is 34.9 Å². The molecule has 2 atom stereocenters. The Morgan fingerprint density at radius 3 is 2.19 bits per heavy atom. The fourth-order valence-electron chi connectivity index (χ4n) is 3.22. The average Bonchev–Trinajstić information content (AvgIpc) is 2.64. The molecular weight excluding hydrogens is 408 g/mol. The zero-order valence-electron chi connectivity index (χ0n) is 17.3. The lowest BCUT2D eigenvalue weighted by Gasteiger charge is -2.33. The Hall–Kier alpha value is -3.88. The molecule has 0 aliphatic carbocycles. The third kappa shape index (κ3) is 4.66. The number of hydrogen-bond donors (Lipinski definition) is 1. The molecule has 2 aromatic carbocycles. The van der Waals surface area contributed by atoms with Gasteiger partial charge in [-0.2, -0.15) is 0 Å². The van der Waals surface area contributed by atoms with E-state index in [0.717, 1.165) is 19.9 Å². The third-order valence-corrected chi connectivity index (χ3v) is 4.43. The molecule has 0 bridgehead atoms. The zero-order valence-corrected chi connectivity index (χ0v) is 17.3. The van der Waals surface area contributed by atoms with Crippen LogP contribution in [-0.2, 0) is 19.1 Å². The molecule has 9 heteroatoms. The van der Waals surface area contributed by atoms with Gasteiger partial charge in [-0.1, -0.05) is 12.1 Å². The monoisotopic (exact) mass is 428 g/mol. The maximum Gasteiger partial charge on any atom is 0.308 e.